The molecule has 2 amide bonds. The minimum Gasteiger partial charge on any atom is -0.480 e. The average molecular weight is 343 g/mol. The Kier molecular flexibility index (Phi) is 5.56. The number of halogens is 1. The van der Waals surface area contributed by atoms with Gasteiger partial charge in [-0.1, -0.05) is 28.1 Å². The van der Waals surface area contributed by atoms with Crippen LogP contribution in [0.1, 0.15) is 26.3 Å². The summed E-state index contributed by atoms with van der Waals surface area (Å²) in [5.74, 6) is -1.03. The van der Waals surface area contributed by atoms with Crippen LogP contribution in [-0.4, -0.2) is 34.1 Å². The number of amides is 2. The van der Waals surface area contributed by atoms with Crippen molar-refractivity contribution in [2.24, 2.45) is 0 Å². The molecule has 0 heterocycles. The fourth-order valence-corrected chi connectivity index (χ4v) is 1.89. The lowest BCUT2D eigenvalue weighted by Gasteiger charge is -2.34. The number of rotatable bonds is 4. The summed E-state index contributed by atoms with van der Waals surface area (Å²) in [6.45, 7) is 5.44. The molecule has 0 aliphatic heterocycles. The summed E-state index contributed by atoms with van der Waals surface area (Å²) in [4.78, 5) is 24.3. The minimum atomic E-state index is -1.03. The maximum absolute atomic E-state index is 12.1. The number of carboxylic acid groups (broad SMARTS) is 1. The molecule has 0 unspecified atom stereocenters. The lowest BCUT2D eigenvalue weighted by molar-refractivity contribution is -0.138. The van der Waals surface area contributed by atoms with Gasteiger partial charge in [0.15, 0.2) is 0 Å². The summed E-state index contributed by atoms with van der Waals surface area (Å²) < 4.78 is 0.967. The fraction of sp³-hybridized carbons (Fsp3) is 0.429. The van der Waals surface area contributed by atoms with E-state index >= 15 is 0 Å². The number of aliphatic carboxylic acids is 1. The first kappa shape index (κ1) is 16.5. The molecule has 6 heteroatoms. The average Bonchev–Trinajstić information content (AvgIpc) is 2.33. The van der Waals surface area contributed by atoms with E-state index in [1.165, 1.54) is 4.90 Å². The first-order valence-electron chi connectivity index (χ1n) is 6.22. The molecule has 2 N–H and O–H groups in total. The highest BCUT2D eigenvalue weighted by Crippen LogP contribution is 2.14. The fourth-order valence-electron chi connectivity index (χ4n) is 1.62. The Morgan fingerprint density at radius 1 is 1.25 bits per heavy atom. The highest BCUT2D eigenvalue weighted by Gasteiger charge is 2.28. The normalized spacial score (nSPS) is 11.0. The topological polar surface area (TPSA) is 69.6 Å². The molecular weight excluding hydrogens is 324 g/mol. The number of nitrogens with one attached hydrogen (secondary N) is 1. The second kappa shape index (κ2) is 6.74. The van der Waals surface area contributed by atoms with E-state index in [9.17, 15) is 9.59 Å². The van der Waals surface area contributed by atoms with E-state index in [4.69, 9.17) is 5.11 Å². The summed E-state index contributed by atoms with van der Waals surface area (Å²) in [5, 5.41) is 11.6. The highest BCUT2D eigenvalue weighted by molar-refractivity contribution is 9.10. The third-order valence-electron chi connectivity index (χ3n) is 2.71. The van der Waals surface area contributed by atoms with Crippen LogP contribution < -0.4 is 5.32 Å². The third kappa shape index (κ3) is 5.21. The third-order valence-corrected chi connectivity index (χ3v) is 3.23. The van der Waals surface area contributed by atoms with Gasteiger partial charge in [-0.15, -0.1) is 0 Å². The summed E-state index contributed by atoms with van der Waals surface area (Å²) in [5.41, 5.74) is 0.396. The molecule has 0 radical (unpaired) electrons. The van der Waals surface area contributed by atoms with Crippen LogP contribution in [0.3, 0.4) is 0 Å². The molecule has 0 saturated heterocycles. The standard InChI is InChI=1S/C14H19BrN2O3/c1-14(2,3)17(9-12(18)19)13(20)16-8-10-4-6-11(15)7-5-10/h4-7H,8-9H2,1-3H3,(H,16,20)(H,18,19). The molecule has 0 fully saturated rings. The Hall–Kier alpha value is -1.56. The van der Waals surface area contributed by atoms with E-state index in [0.29, 0.717) is 6.54 Å². The van der Waals surface area contributed by atoms with Gasteiger partial charge in [0, 0.05) is 16.6 Å². The molecule has 5 nitrogen and oxygen atoms in total. The van der Waals surface area contributed by atoms with Gasteiger partial charge in [0.2, 0.25) is 0 Å². The number of benzene rings is 1. The van der Waals surface area contributed by atoms with E-state index in [1.807, 2.05) is 24.3 Å². The van der Waals surface area contributed by atoms with E-state index in [0.717, 1.165) is 10.0 Å². The molecule has 1 aromatic rings. The number of carbonyl (C=O) groups is 2. The van der Waals surface area contributed by atoms with Crippen molar-refractivity contribution in [2.45, 2.75) is 32.9 Å². The lowest BCUT2D eigenvalue weighted by atomic mass is 10.1. The Labute approximate surface area is 127 Å². The van der Waals surface area contributed by atoms with Gasteiger partial charge in [-0.3, -0.25) is 4.79 Å². The lowest BCUT2D eigenvalue weighted by Crippen LogP contribution is -2.52. The van der Waals surface area contributed by atoms with Gasteiger partial charge < -0.3 is 15.3 Å². The second-order valence-corrected chi connectivity index (χ2v) is 6.35. The predicted octanol–water partition coefficient (Wildman–Crippen LogP) is 2.84. The molecule has 110 valence electrons. The van der Waals surface area contributed by atoms with Crippen molar-refractivity contribution in [2.75, 3.05) is 6.54 Å². The van der Waals surface area contributed by atoms with Crippen molar-refractivity contribution < 1.29 is 14.7 Å². The van der Waals surface area contributed by atoms with Crippen LogP contribution >= 0.6 is 15.9 Å². The van der Waals surface area contributed by atoms with Gasteiger partial charge in [0.1, 0.15) is 6.54 Å². The first-order valence-corrected chi connectivity index (χ1v) is 7.01. The summed E-state index contributed by atoms with van der Waals surface area (Å²) >= 11 is 3.34. The molecule has 0 aliphatic rings. The van der Waals surface area contributed by atoms with Crippen LogP contribution in [0.15, 0.2) is 28.7 Å². The van der Waals surface area contributed by atoms with Gasteiger partial charge in [0.25, 0.3) is 0 Å². The molecule has 0 aliphatic carbocycles. The zero-order valence-electron chi connectivity index (χ0n) is 11.8. The molecule has 0 spiro atoms. The Morgan fingerprint density at radius 2 is 1.80 bits per heavy atom. The van der Waals surface area contributed by atoms with Crippen LogP contribution in [0.2, 0.25) is 0 Å². The summed E-state index contributed by atoms with van der Waals surface area (Å²) in [7, 11) is 0. The van der Waals surface area contributed by atoms with E-state index < -0.39 is 11.5 Å². The predicted molar refractivity (Wildman–Crippen MR) is 80.5 cm³/mol. The number of carbonyl (C=O) groups excluding carboxylic acids is 1. The Morgan fingerprint density at radius 3 is 2.25 bits per heavy atom. The number of carboxylic acids is 1. The van der Waals surface area contributed by atoms with Crippen molar-refractivity contribution in [3.63, 3.8) is 0 Å². The van der Waals surface area contributed by atoms with E-state index in [1.54, 1.807) is 20.8 Å². The SMILES string of the molecule is CC(C)(C)N(CC(=O)O)C(=O)NCc1ccc(Br)cc1. The summed E-state index contributed by atoms with van der Waals surface area (Å²) in [6, 6.07) is 7.18. The van der Waals surface area contributed by atoms with Crippen LogP contribution in [0.5, 0.6) is 0 Å². The number of urea groups is 1. The maximum Gasteiger partial charge on any atom is 0.323 e. The van der Waals surface area contributed by atoms with Gasteiger partial charge in [-0.25, -0.2) is 4.79 Å². The summed E-state index contributed by atoms with van der Waals surface area (Å²) in [6.07, 6.45) is 0. The largest absolute Gasteiger partial charge is 0.480 e. The number of hydrogen-bond acceptors (Lipinski definition) is 2. The zero-order chi connectivity index (χ0) is 15.3. The van der Waals surface area contributed by atoms with E-state index in [-0.39, 0.29) is 12.6 Å². The molecule has 0 aromatic heterocycles. The second-order valence-electron chi connectivity index (χ2n) is 5.44. The monoisotopic (exact) mass is 342 g/mol. The molecule has 0 saturated carbocycles. The smallest absolute Gasteiger partial charge is 0.323 e. The Bertz CT molecular complexity index is 480. The minimum absolute atomic E-state index is 0.324. The van der Waals surface area contributed by atoms with Crippen molar-refractivity contribution in [3.8, 4) is 0 Å². The maximum atomic E-state index is 12.1. The van der Waals surface area contributed by atoms with Crippen molar-refractivity contribution >= 4 is 27.9 Å². The van der Waals surface area contributed by atoms with Gasteiger partial charge in [-0.05, 0) is 38.5 Å². The Balaban J connectivity index is 2.67. The van der Waals surface area contributed by atoms with Gasteiger partial charge in [0.05, 0.1) is 0 Å². The number of hydrogen-bond donors (Lipinski definition) is 2. The molecule has 20 heavy (non-hydrogen) atoms. The van der Waals surface area contributed by atoms with Crippen molar-refractivity contribution in [1.29, 1.82) is 0 Å². The number of nitrogens with zero attached hydrogens (tertiary/aromatic N) is 1. The van der Waals surface area contributed by atoms with Crippen LogP contribution in [0.4, 0.5) is 4.79 Å². The van der Waals surface area contributed by atoms with Crippen molar-refractivity contribution in [1.82, 2.24) is 10.2 Å². The van der Waals surface area contributed by atoms with Gasteiger partial charge in [-0.2, -0.15) is 0 Å². The van der Waals surface area contributed by atoms with Crippen LogP contribution in [0.25, 0.3) is 0 Å². The highest BCUT2D eigenvalue weighted by atomic mass is 79.9. The van der Waals surface area contributed by atoms with Crippen LogP contribution in [0, 0.1) is 0 Å². The zero-order valence-corrected chi connectivity index (χ0v) is 13.4. The molecule has 1 rings (SSSR count). The van der Waals surface area contributed by atoms with Crippen LogP contribution in [-0.2, 0) is 11.3 Å². The molecule has 0 atom stereocenters. The first-order chi connectivity index (χ1) is 9.20. The molecular formula is C14H19BrN2O3. The molecule has 1 aromatic carbocycles. The van der Waals surface area contributed by atoms with E-state index in [2.05, 4.69) is 21.2 Å². The molecule has 0 bridgehead atoms. The quantitative estimate of drug-likeness (QED) is 0.883. The van der Waals surface area contributed by atoms with Gasteiger partial charge >= 0.3 is 12.0 Å². The van der Waals surface area contributed by atoms with Crippen molar-refractivity contribution in [3.05, 3.63) is 34.3 Å².